The predicted molar refractivity (Wildman–Crippen MR) is 190 cm³/mol. The van der Waals surface area contributed by atoms with Crippen molar-refractivity contribution < 1.29 is 34.0 Å². The summed E-state index contributed by atoms with van der Waals surface area (Å²) in [5.41, 5.74) is -0.633. The lowest BCUT2D eigenvalue weighted by atomic mass is 9.41. The van der Waals surface area contributed by atoms with E-state index in [4.69, 9.17) is 18.9 Å². The van der Waals surface area contributed by atoms with Crippen LogP contribution < -0.4 is 0 Å². The molecule has 2 N–H and O–H groups in total. The van der Waals surface area contributed by atoms with Crippen LogP contribution in [0.5, 0.6) is 0 Å². The van der Waals surface area contributed by atoms with Crippen LogP contribution in [0.1, 0.15) is 113 Å². The molecule has 14 atom stereocenters. The van der Waals surface area contributed by atoms with Gasteiger partial charge in [0.1, 0.15) is 6.10 Å². The molecule has 0 bridgehead atoms. The molecule has 0 aromatic heterocycles. The van der Waals surface area contributed by atoms with Crippen LogP contribution in [0.2, 0.25) is 0 Å². The van der Waals surface area contributed by atoms with Gasteiger partial charge < -0.3 is 34.1 Å². The molecule has 3 saturated heterocycles. The fourth-order valence-electron chi connectivity index (χ4n) is 14.6. The van der Waals surface area contributed by atoms with E-state index in [0.717, 1.165) is 51.7 Å². The summed E-state index contributed by atoms with van der Waals surface area (Å²) >= 11 is 0. The highest BCUT2D eigenvalue weighted by atomic mass is 16.7. The van der Waals surface area contributed by atoms with E-state index in [1.165, 1.54) is 25.7 Å². The quantitative estimate of drug-likeness (QED) is 0.354. The first-order valence-corrected chi connectivity index (χ1v) is 20.5. The van der Waals surface area contributed by atoms with Crippen LogP contribution in [0.3, 0.4) is 0 Å². The number of morpholine rings is 1. The monoisotopic (exact) mass is 701 g/mol. The second-order valence-corrected chi connectivity index (χ2v) is 20.0. The maximum Gasteiger partial charge on any atom is 0.236 e. The van der Waals surface area contributed by atoms with Crippen LogP contribution >= 0.6 is 0 Å². The molecule has 1 amide bonds. The Morgan fingerprint density at radius 3 is 2.42 bits per heavy atom. The SMILES string of the molecule is CCO[C@@H]([C@H]1C[C@@H](C)[C@H]2[C@H](O1)[C@H](O)[C@@]1(C)[C@@H]3CC[C@H]4C(C)(C)[C@@H](O[C@H]5CN(CC(=O)N6CCC6)CCO5)CC[C@@]45C[C@@]35CC[C@]21C)C(C)(C)O. The van der Waals surface area contributed by atoms with Gasteiger partial charge in [-0.3, -0.25) is 9.69 Å². The van der Waals surface area contributed by atoms with Gasteiger partial charge in [0.05, 0.1) is 49.7 Å². The average Bonchev–Trinajstić information content (AvgIpc) is 3.64. The molecule has 5 aliphatic carbocycles. The smallest absolute Gasteiger partial charge is 0.236 e. The van der Waals surface area contributed by atoms with Gasteiger partial charge >= 0.3 is 0 Å². The molecule has 50 heavy (non-hydrogen) atoms. The Hall–Kier alpha value is -0.810. The Bertz CT molecular complexity index is 1320. The number of likely N-dealkylation sites (tertiary alicyclic amines) is 1. The van der Waals surface area contributed by atoms with E-state index in [9.17, 15) is 15.0 Å². The third-order valence-electron chi connectivity index (χ3n) is 17.1. The first-order valence-electron chi connectivity index (χ1n) is 20.5. The van der Waals surface area contributed by atoms with Gasteiger partial charge in [0.2, 0.25) is 5.91 Å². The lowest BCUT2D eigenvalue weighted by Crippen LogP contribution is -2.60. The topological polar surface area (TPSA) is 101 Å². The molecular weight excluding hydrogens is 632 g/mol. The van der Waals surface area contributed by atoms with Crippen molar-refractivity contribution in [1.82, 2.24) is 9.80 Å². The Morgan fingerprint density at radius 1 is 1.02 bits per heavy atom. The van der Waals surface area contributed by atoms with E-state index in [0.29, 0.717) is 55.4 Å². The van der Waals surface area contributed by atoms with Gasteiger partial charge in [0.25, 0.3) is 0 Å². The number of aliphatic hydroxyl groups excluding tert-OH is 1. The third kappa shape index (κ3) is 4.98. The second-order valence-electron chi connectivity index (χ2n) is 20.0. The number of nitrogens with zero attached hydrogens (tertiary/aromatic N) is 2. The number of carbonyl (C=O) groups excluding carboxylic acids is 1. The Labute approximate surface area is 301 Å². The van der Waals surface area contributed by atoms with Crippen LogP contribution in [0.4, 0.5) is 0 Å². The molecule has 9 heteroatoms. The van der Waals surface area contributed by atoms with Crippen LogP contribution in [0, 0.1) is 50.7 Å². The minimum absolute atomic E-state index is 0.000896. The molecule has 0 radical (unpaired) electrons. The average molecular weight is 701 g/mol. The zero-order chi connectivity index (χ0) is 35.6. The maximum absolute atomic E-state index is 12.7. The van der Waals surface area contributed by atoms with Crippen molar-refractivity contribution in [1.29, 1.82) is 0 Å². The van der Waals surface area contributed by atoms with Gasteiger partial charge in [-0.2, -0.15) is 0 Å². The molecule has 3 aliphatic heterocycles. The maximum atomic E-state index is 12.7. The standard InChI is InChI=1S/C41H68N2O7/c1-9-47-35(37(5,6)46)26-21-25(2)32-33(49-26)34(45)39(8)28-12-11-27-36(3,4)29(13-14-40(27)24-41(28,40)16-15-38(32,39)7)50-31-23-42(19-20-48-31)22-30(44)43-17-10-18-43/h25-29,31-35,45-46H,9-24H2,1-8H3/t25-,26-,27+,28+,29+,31+,32+,33+,34+,35+,38-,39-,40-,41+/m1/s1. The summed E-state index contributed by atoms with van der Waals surface area (Å²) in [5.74, 6) is 1.97. The largest absolute Gasteiger partial charge is 0.390 e. The molecule has 5 saturated carbocycles. The number of fused-ring (bicyclic) bond motifs is 4. The summed E-state index contributed by atoms with van der Waals surface area (Å²) in [6.45, 7) is 22.7. The second kappa shape index (κ2) is 12.1. The molecule has 8 aliphatic rings. The molecule has 284 valence electrons. The molecule has 0 aromatic rings. The number of aliphatic hydroxyl groups is 2. The predicted octanol–water partition coefficient (Wildman–Crippen LogP) is 5.25. The highest BCUT2D eigenvalue weighted by Gasteiger charge is 2.84. The first-order chi connectivity index (χ1) is 23.5. The molecule has 2 spiro atoms. The van der Waals surface area contributed by atoms with Crippen molar-refractivity contribution in [3.05, 3.63) is 0 Å². The Balaban J connectivity index is 0.991. The van der Waals surface area contributed by atoms with E-state index >= 15 is 0 Å². The summed E-state index contributed by atoms with van der Waals surface area (Å²) in [7, 11) is 0. The van der Waals surface area contributed by atoms with E-state index in [1.807, 2.05) is 25.7 Å². The summed E-state index contributed by atoms with van der Waals surface area (Å²) in [4.78, 5) is 16.9. The number of carbonyl (C=O) groups is 1. The van der Waals surface area contributed by atoms with Gasteiger partial charge in [-0.05, 0) is 124 Å². The number of hydrogen-bond acceptors (Lipinski definition) is 8. The number of amides is 1. The lowest BCUT2D eigenvalue weighted by molar-refractivity contribution is -0.248. The first kappa shape index (κ1) is 36.2. The Morgan fingerprint density at radius 2 is 1.74 bits per heavy atom. The zero-order valence-electron chi connectivity index (χ0n) is 32.4. The highest BCUT2D eigenvalue weighted by molar-refractivity contribution is 5.78. The summed E-state index contributed by atoms with van der Waals surface area (Å²) < 4.78 is 26.2. The summed E-state index contributed by atoms with van der Waals surface area (Å²) in [6, 6.07) is 0. The fraction of sp³-hybridized carbons (Fsp3) is 0.976. The molecular formula is C41H68N2O7. The lowest BCUT2D eigenvalue weighted by Gasteiger charge is -2.64. The van der Waals surface area contributed by atoms with E-state index in [2.05, 4.69) is 39.5 Å². The van der Waals surface area contributed by atoms with Crippen LogP contribution in [0.15, 0.2) is 0 Å². The van der Waals surface area contributed by atoms with Crippen molar-refractivity contribution in [2.75, 3.05) is 45.9 Å². The molecule has 8 fully saturated rings. The molecule has 9 nitrogen and oxygen atoms in total. The van der Waals surface area contributed by atoms with Gasteiger partial charge in [-0.15, -0.1) is 0 Å². The Kier molecular flexibility index (Phi) is 8.75. The van der Waals surface area contributed by atoms with Gasteiger partial charge in [0, 0.05) is 31.7 Å². The van der Waals surface area contributed by atoms with E-state index in [1.54, 1.807) is 0 Å². The van der Waals surface area contributed by atoms with Crippen LogP contribution in [-0.2, 0) is 23.7 Å². The van der Waals surface area contributed by atoms with Crippen molar-refractivity contribution in [3.63, 3.8) is 0 Å². The van der Waals surface area contributed by atoms with Crippen molar-refractivity contribution in [2.45, 2.75) is 156 Å². The molecule has 0 aromatic carbocycles. The number of ether oxygens (including phenoxy) is 4. The van der Waals surface area contributed by atoms with Gasteiger partial charge in [-0.25, -0.2) is 0 Å². The van der Waals surface area contributed by atoms with Gasteiger partial charge in [0.15, 0.2) is 6.29 Å². The number of rotatable bonds is 8. The fourth-order valence-corrected chi connectivity index (χ4v) is 14.6. The number of hydrogen-bond donors (Lipinski definition) is 2. The van der Waals surface area contributed by atoms with Gasteiger partial charge in [-0.1, -0.05) is 34.6 Å². The van der Waals surface area contributed by atoms with E-state index < -0.39 is 17.8 Å². The van der Waals surface area contributed by atoms with Crippen molar-refractivity contribution in [3.8, 4) is 0 Å². The van der Waals surface area contributed by atoms with E-state index in [-0.39, 0.29) is 52.2 Å². The van der Waals surface area contributed by atoms with Crippen molar-refractivity contribution >= 4 is 5.91 Å². The van der Waals surface area contributed by atoms with Crippen LogP contribution in [0.25, 0.3) is 0 Å². The molecule has 8 rings (SSSR count). The summed E-state index contributed by atoms with van der Waals surface area (Å²) in [5, 5.41) is 23.7. The normalized spacial score (nSPS) is 50.2. The summed E-state index contributed by atoms with van der Waals surface area (Å²) in [6.07, 6.45) is 8.66. The van der Waals surface area contributed by atoms with Crippen LogP contribution in [-0.4, -0.2) is 114 Å². The highest BCUT2D eigenvalue weighted by Crippen LogP contribution is 2.89. The van der Waals surface area contributed by atoms with Crippen molar-refractivity contribution in [2.24, 2.45) is 50.7 Å². The minimum Gasteiger partial charge on any atom is -0.390 e. The zero-order valence-corrected chi connectivity index (χ0v) is 32.4. The minimum atomic E-state index is -1.02. The molecule has 0 unspecified atom stereocenters. The third-order valence-corrected chi connectivity index (χ3v) is 17.1. The molecule has 3 heterocycles.